The van der Waals surface area contributed by atoms with Crippen LogP contribution in [0.25, 0.3) is 15.9 Å². The predicted molar refractivity (Wildman–Crippen MR) is 112 cm³/mol. The van der Waals surface area contributed by atoms with Crippen LogP contribution in [0.2, 0.25) is 0 Å². The summed E-state index contributed by atoms with van der Waals surface area (Å²) in [4.78, 5) is 25.4. The van der Waals surface area contributed by atoms with Crippen molar-refractivity contribution in [3.05, 3.63) is 82.4 Å². The van der Waals surface area contributed by atoms with E-state index in [1.54, 1.807) is 35.0 Å². The number of aryl methyl sites for hydroxylation is 1. The Morgan fingerprint density at radius 3 is 2.39 bits per heavy atom. The number of hydrogen-bond donors (Lipinski definition) is 1. The highest BCUT2D eigenvalue weighted by molar-refractivity contribution is 7.20. The standard InChI is InChI=1S/C22H17F2N3O3S/c1-13-18-10-19(31-21(18)27(26-13)17-8-6-16(24)7-9-17)22(29)30-12-20(28)25-11-14-2-4-15(23)5-3-14/h2-10H,11-12H2,1H3,(H,25,28). The fourth-order valence-electron chi connectivity index (χ4n) is 2.96. The summed E-state index contributed by atoms with van der Waals surface area (Å²) in [5.74, 6) is -1.79. The fourth-order valence-corrected chi connectivity index (χ4v) is 4.04. The number of hydrogen-bond acceptors (Lipinski definition) is 5. The van der Waals surface area contributed by atoms with Crippen molar-refractivity contribution < 1.29 is 23.1 Å². The Morgan fingerprint density at radius 2 is 1.71 bits per heavy atom. The number of esters is 1. The smallest absolute Gasteiger partial charge is 0.348 e. The first-order valence-corrected chi connectivity index (χ1v) is 10.2. The molecule has 0 radical (unpaired) electrons. The van der Waals surface area contributed by atoms with E-state index in [-0.39, 0.29) is 18.2 Å². The van der Waals surface area contributed by atoms with E-state index < -0.39 is 18.5 Å². The number of thiophene rings is 1. The van der Waals surface area contributed by atoms with Gasteiger partial charge in [-0.15, -0.1) is 11.3 Å². The molecule has 0 aliphatic rings. The molecule has 0 aliphatic carbocycles. The third kappa shape index (κ3) is 4.61. The minimum Gasteiger partial charge on any atom is -0.451 e. The molecular formula is C22H17F2N3O3S. The quantitative estimate of drug-likeness (QED) is 0.457. The molecule has 1 amide bonds. The number of aromatic nitrogens is 2. The van der Waals surface area contributed by atoms with E-state index in [0.29, 0.717) is 16.3 Å². The zero-order chi connectivity index (χ0) is 22.0. The zero-order valence-corrected chi connectivity index (χ0v) is 17.2. The molecule has 4 rings (SSSR count). The maximum Gasteiger partial charge on any atom is 0.348 e. The lowest BCUT2D eigenvalue weighted by molar-refractivity contribution is -0.124. The highest BCUT2D eigenvalue weighted by atomic mass is 32.1. The van der Waals surface area contributed by atoms with Gasteiger partial charge in [-0.25, -0.2) is 18.3 Å². The Labute approximate surface area is 180 Å². The summed E-state index contributed by atoms with van der Waals surface area (Å²) in [6, 6.07) is 13.3. The molecule has 0 spiro atoms. The summed E-state index contributed by atoms with van der Waals surface area (Å²) in [5.41, 5.74) is 2.11. The van der Waals surface area contributed by atoms with Crippen molar-refractivity contribution in [1.29, 1.82) is 0 Å². The second kappa shape index (κ2) is 8.65. The largest absolute Gasteiger partial charge is 0.451 e. The number of nitrogens with zero attached hydrogens (tertiary/aromatic N) is 2. The molecule has 1 N–H and O–H groups in total. The van der Waals surface area contributed by atoms with Gasteiger partial charge in [-0.2, -0.15) is 5.10 Å². The van der Waals surface area contributed by atoms with E-state index in [4.69, 9.17) is 4.74 Å². The Balaban J connectivity index is 1.41. The Kier molecular flexibility index (Phi) is 5.77. The first-order valence-electron chi connectivity index (χ1n) is 9.34. The van der Waals surface area contributed by atoms with Crippen LogP contribution in [0.5, 0.6) is 0 Å². The van der Waals surface area contributed by atoms with Crippen molar-refractivity contribution in [2.45, 2.75) is 13.5 Å². The molecule has 0 bridgehead atoms. The van der Waals surface area contributed by atoms with Gasteiger partial charge in [0.15, 0.2) is 6.61 Å². The Bertz CT molecular complexity index is 1250. The summed E-state index contributed by atoms with van der Waals surface area (Å²) < 4.78 is 32.9. The second-order valence-electron chi connectivity index (χ2n) is 6.78. The van der Waals surface area contributed by atoms with Crippen LogP contribution in [0.3, 0.4) is 0 Å². The van der Waals surface area contributed by atoms with Crippen molar-refractivity contribution in [3.8, 4) is 5.69 Å². The Hall–Kier alpha value is -3.59. The number of amides is 1. The normalized spacial score (nSPS) is 10.9. The summed E-state index contributed by atoms with van der Waals surface area (Å²) in [6.07, 6.45) is 0. The van der Waals surface area contributed by atoms with Gasteiger partial charge in [0.05, 0.1) is 11.4 Å². The minimum atomic E-state index is -0.622. The number of nitrogens with one attached hydrogen (secondary N) is 1. The van der Waals surface area contributed by atoms with Crippen LogP contribution in [-0.4, -0.2) is 28.3 Å². The molecule has 31 heavy (non-hydrogen) atoms. The highest BCUT2D eigenvalue weighted by Crippen LogP contribution is 2.30. The number of benzene rings is 2. The van der Waals surface area contributed by atoms with E-state index in [0.717, 1.165) is 15.8 Å². The number of halogens is 2. The van der Waals surface area contributed by atoms with Crippen molar-refractivity contribution in [1.82, 2.24) is 15.1 Å². The zero-order valence-electron chi connectivity index (χ0n) is 16.4. The topological polar surface area (TPSA) is 73.2 Å². The third-order valence-electron chi connectivity index (χ3n) is 4.55. The lowest BCUT2D eigenvalue weighted by Gasteiger charge is -2.06. The minimum absolute atomic E-state index is 0.201. The number of carbonyl (C=O) groups excluding carboxylic acids is 2. The summed E-state index contributed by atoms with van der Waals surface area (Å²) in [7, 11) is 0. The van der Waals surface area contributed by atoms with Crippen LogP contribution in [-0.2, 0) is 16.1 Å². The van der Waals surface area contributed by atoms with Crippen molar-refractivity contribution in [2.24, 2.45) is 0 Å². The molecule has 0 saturated carbocycles. The number of ether oxygens (including phenoxy) is 1. The van der Waals surface area contributed by atoms with Crippen LogP contribution in [0.4, 0.5) is 8.78 Å². The molecule has 9 heteroatoms. The molecule has 0 saturated heterocycles. The van der Waals surface area contributed by atoms with Gasteiger partial charge in [0.2, 0.25) is 0 Å². The summed E-state index contributed by atoms with van der Waals surface area (Å²) >= 11 is 1.18. The van der Waals surface area contributed by atoms with Gasteiger partial charge < -0.3 is 10.1 Å². The second-order valence-corrected chi connectivity index (χ2v) is 7.81. The number of carbonyl (C=O) groups is 2. The molecule has 0 aliphatic heterocycles. The lowest BCUT2D eigenvalue weighted by Crippen LogP contribution is -2.28. The molecule has 6 nitrogen and oxygen atoms in total. The van der Waals surface area contributed by atoms with Crippen LogP contribution in [0, 0.1) is 18.6 Å². The van der Waals surface area contributed by atoms with Crippen molar-refractivity contribution >= 4 is 33.4 Å². The lowest BCUT2D eigenvalue weighted by atomic mass is 10.2. The van der Waals surface area contributed by atoms with E-state index in [2.05, 4.69) is 10.4 Å². The van der Waals surface area contributed by atoms with Gasteiger partial charge >= 0.3 is 5.97 Å². The molecular weight excluding hydrogens is 424 g/mol. The molecule has 0 fully saturated rings. The average Bonchev–Trinajstić information content (AvgIpc) is 3.33. The van der Waals surface area contributed by atoms with Gasteiger partial charge in [-0.1, -0.05) is 12.1 Å². The fraction of sp³-hybridized carbons (Fsp3) is 0.136. The third-order valence-corrected chi connectivity index (χ3v) is 5.64. The van der Waals surface area contributed by atoms with Gasteiger partial charge in [-0.3, -0.25) is 4.79 Å². The van der Waals surface area contributed by atoms with Crippen molar-refractivity contribution in [3.63, 3.8) is 0 Å². The maximum absolute atomic E-state index is 13.2. The molecule has 4 aromatic rings. The first-order chi connectivity index (χ1) is 14.9. The number of rotatable bonds is 6. The molecule has 2 aromatic heterocycles. The molecule has 0 unspecified atom stereocenters. The molecule has 0 atom stereocenters. The van der Waals surface area contributed by atoms with Crippen molar-refractivity contribution in [2.75, 3.05) is 6.61 Å². The van der Waals surface area contributed by atoms with Crippen LogP contribution in [0.1, 0.15) is 20.9 Å². The predicted octanol–water partition coefficient (Wildman–Crippen LogP) is 4.15. The SMILES string of the molecule is Cc1nn(-c2ccc(F)cc2)c2sc(C(=O)OCC(=O)NCc3ccc(F)cc3)cc12. The van der Waals surface area contributed by atoms with E-state index in [9.17, 15) is 18.4 Å². The van der Waals surface area contributed by atoms with Gasteiger partial charge in [-0.05, 0) is 55.0 Å². The first kappa shape index (κ1) is 20.7. The summed E-state index contributed by atoms with van der Waals surface area (Å²) in [6.45, 7) is 1.58. The maximum atomic E-state index is 13.2. The Morgan fingerprint density at radius 1 is 1.06 bits per heavy atom. The van der Waals surface area contributed by atoms with Gasteiger partial charge in [0.25, 0.3) is 5.91 Å². The number of fused-ring (bicyclic) bond motifs is 1. The molecule has 2 heterocycles. The van der Waals surface area contributed by atoms with E-state index in [1.807, 2.05) is 6.92 Å². The van der Waals surface area contributed by atoms with Gasteiger partial charge in [0.1, 0.15) is 21.3 Å². The van der Waals surface area contributed by atoms with E-state index >= 15 is 0 Å². The van der Waals surface area contributed by atoms with Crippen LogP contribution >= 0.6 is 11.3 Å². The van der Waals surface area contributed by atoms with Gasteiger partial charge in [0, 0.05) is 11.9 Å². The summed E-state index contributed by atoms with van der Waals surface area (Å²) in [5, 5.41) is 7.84. The molecule has 2 aromatic carbocycles. The highest BCUT2D eigenvalue weighted by Gasteiger charge is 2.19. The average molecular weight is 441 g/mol. The molecule has 158 valence electrons. The monoisotopic (exact) mass is 441 g/mol. The van der Waals surface area contributed by atoms with Crippen LogP contribution in [0.15, 0.2) is 54.6 Å². The van der Waals surface area contributed by atoms with E-state index in [1.165, 1.54) is 35.6 Å². The van der Waals surface area contributed by atoms with Crippen LogP contribution < -0.4 is 5.32 Å².